The highest BCUT2D eigenvalue weighted by Gasteiger charge is 2.20. The van der Waals surface area contributed by atoms with Crippen LogP contribution in [0.25, 0.3) is 5.69 Å². The van der Waals surface area contributed by atoms with Gasteiger partial charge in [-0.3, -0.25) is 4.79 Å². The van der Waals surface area contributed by atoms with Gasteiger partial charge in [0.05, 0.1) is 18.0 Å². The fourth-order valence-corrected chi connectivity index (χ4v) is 3.28. The van der Waals surface area contributed by atoms with Gasteiger partial charge in [0.25, 0.3) is 0 Å². The SMILES string of the molecule is COCCNC(=O)CCc1c(C)nn(-c2cccc(C)c2)c1Oc1cccc(C)c1. The summed E-state index contributed by atoms with van der Waals surface area (Å²) in [6.45, 7) is 7.03. The van der Waals surface area contributed by atoms with Gasteiger partial charge < -0.3 is 14.8 Å². The molecule has 0 unspecified atom stereocenters. The summed E-state index contributed by atoms with van der Waals surface area (Å²) < 4.78 is 13.1. The average molecular weight is 408 g/mol. The number of carbonyl (C=O) groups excluding carboxylic acids is 1. The zero-order valence-corrected chi connectivity index (χ0v) is 18.1. The van der Waals surface area contributed by atoms with Crippen LogP contribution < -0.4 is 10.1 Å². The van der Waals surface area contributed by atoms with Crippen molar-refractivity contribution in [2.45, 2.75) is 33.6 Å². The molecule has 1 N–H and O–H groups in total. The van der Waals surface area contributed by atoms with E-state index in [9.17, 15) is 4.79 Å². The fourth-order valence-electron chi connectivity index (χ4n) is 3.28. The Kier molecular flexibility index (Phi) is 7.25. The number of hydrogen-bond donors (Lipinski definition) is 1. The molecule has 0 spiro atoms. The van der Waals surface area contributed by atoms with Crippen molar-refractivity contribution in [2.75, 3.05) is 20.3 Å². The Morgan fingerprint density at radius 1 is 1.07 bits per heavy atom. The molecule has 6 nitrogen and oxygen atoms in total. The van der Waals surface area contributed by atoms with Crippen LogP contribution in [-0.4, -0.2) is 35.9 Å². The summed E-state index contributed by atoms with van der Waals surface area (Å²) in [6, 6.07) is 16.0. The van der Waals surface area contributed by atoms with Crippen molar-refractivity contribution in [3.63, 3.8) is 0 Å². The fraction of sp³-hybridized carbons (Fsp3) is 0.333. The minimum atomic E-state index is -0.0174. The van der Waals surface area contributed by atoms with E-state index >= 15 is 0 Å². The molecule has 3 rings (SSSR count). The lowest BCUT2D eigenvalue weighted by atomic mass is 10.1. The van der Waals surface area contributed by atoms with E-state index in [4.69, 9.17) is 14.6 Å². The summed E-state index contributed by atoms with van der Waals surface area (Å²) in [5, 5.41) is 7.60. The monoisotopic (exact) mass is 407 g/mol. The van der Waals surface area contributed by atoms with E-state index in [1.54, 1.807) is 7.11 Å². The largest absolute Gasteiger partial charge is 0.439 e. The molecule has 0 fully saturated rings. The van der Waals surface area contributed by atoms with E-state index in [1.807, 2.05) is 67.9 Å². The van der Waals surface area contributed by atoms with Gasteiger partial charge in [0.15, 0.2) is 0 Å². The van der Waals surface area contributed by atoms with Gasteiger partial charge >= 0.3 is 0 Å². The van der Waals surface area contributed by atoms with Gasteiger partial charge in [-0.25, -0.2) is 4.68 Å². The molecule has 30 heavy (non-hydrogen) atoms. The van der Waals surface area contributed by atoms with Crippen molar-refractivity contribution in [2.24, 2.45) is 0 Å². The Labute approximate surface area is 177 Å². The summed E-state index contributed by atoms with van der Waals surface area (Å²) >= 11 is 0. The molecule has 0 saturated heterocycles. The van der Waals surface area contributed by atoms with Crippen LogP contribution >= 0.6 is 0 Å². The molecular weight excluding hydrogens is 378 g/mol. The smallest absolute Gasteiger partial charge is 0.226 e. The minimum Gasteiger partial charge on any atom is -0.439 e. The average Bonchev–Trinajstić information content (AvgIpc) is 3.02. The summed E-state index contributed by atoms with van der Waals surface area (Å²) in [4.78, 5) is 12.2. The van der Waals surface area contributed by atoms with Crippen molar-refractivity contribution in [3.8, 4) is 17.3 Å². The molecule has 0 atom stereocenters. The number of amides is 1. The quantitative estimate of drug-likeness (QED) is 0.538. The number of methoxy groups -OCH3 is 1. The number of aryl methyl sites for hydroxylation is 3. The Hall–Kier alpha value is -3.12. The first-order chi connectivity index (χ1) is 14.5. The number of carbonyl (C=O) groups is 1. The molecule has 3 aromatic rings. The van der Waals surface area contributed by atoms with Gasteiger partial charge in [0.1, 0.15) is 5.75 Å². The third-order valence-electron chi connectivity index (χ3n) is 4.82. The number of rotatable bonds is 9. The van der Waals surface area contributed by atoms with Crippen molar-refractivity contribution in [3.05, 3.63) is 70.9 Å². The van der Waals surface area contributed by atoms with Gasteiger partial charge in [0, 0.05) is 25.6 Å². The van der Waals surface area contributed by atoms with Crippen molar-refractivity contribution < 1.29 is 14.3 Å². The van der Waals surface area contributed by atoms with Crippen LogP contribution in [0.2, 0.25) is 0 Å². The molecule has 0 saturated carbocycles. The van der Waals surface area contributed by atoms with E-state index in [-0.39, 0.29) is 5.91 Å². The normalized spacial score (nSPS) is 10.8. The third kappa shape index (κ3) is 5.48. The predicted octanol–water partition coefficient (Wildman–Crippen LogP) is 4.29. The Bertz CT molecular complexity index is 1010. The molecule has 0 aliphatic carbocycles. The second-order valence-electron chi connectivity index (χ2n) is 7.38. The first-order valence-corrected chi connectivity index (χ1v) is 10.1. The zero-order valence-electron chi connectivity index (χ0n) is 18.1. The maximum atomic E-state index is 12.2. The number of ether oxygens (including phenoxy) is 2. The van der Waals surface area contributed by atoms with E-state index in [0.717, 1.165) is 33.8 Å². The molecule has 2 aromatic carbocycles. The third-order valence-corrected chi connectivity index (χ3v) is 4.82. The van der Waals surface area contributed by atoms with E-state index in [2.05, 4.69) is 11.4 Å². The molecule has 158 valence electrons. The summed E-state index contributed by atoms with van der Waals surface area (Å²) in [5.74, 6) is 1.37. The van der Waals surface area contributed by atoms with Crippen LogP contribution in [0, 0.1) is 20.8 Å². The van der Waals surface area contributed by atoms with E-state index in [0.29, 0.717) is 31.9 Å². The molecule has 0 radical (unpaired) electrons. The standard InChI is InChI=1S/C24H29N3O3/c1-17-7-5-9-20(15-17)27-24(30-21-10-6-8-18(2)16-21)22(19(3)26-27)11-12-23(28)25-13-14-29-4/h5-10,15-16H,11-14H2,1-4H3,(H,25,28). The second kappa shape index (κ2) is 10.1. The maximum absolute atomic E-state index is 12.2. The lowest BCUT2D eigenvalue weighted by molar-refractivity contribution is -0.121. The maximum Gasteiger partial charge on any atom is 0.226 e. The Balaban J connectivity index is 1.91. The van der Waals surface area contributed by atoms with E-state index in [1.165, 1.54) is 0 Å². The molecule has 0 aliphatic rings. The van der Waals surface area contributed by atoms with Crippen LogP contribution in [0.1, 0.15) is 28.8 Å². The number of nitrogens with one attached hydrogen (secondary N) is 1. The molecular formula is C24H29N3O3. The molecule has 0 bridgehead atoms. The summed E-state index contributed by atoms with van der Waals surface area (Å²) in [6.07, 6.45) is 0.895. The molecule has 6 heteroatoms. The highest BCUT2D eigenvalue weighted by Crippen LogP contribution is 2.32. The topological polar surface area (TPSA) is 65.4 Å². The molecule has 1 amide bonds. The van der Waals surface area contributed by atoms with Gasteiger partial charge in [-0.1, -0.05) is 24.3 Å². The lowest BCUT2D eigenvalue weighted by Gasteiger charge is -2.12. The van der Waals surface area contributed by atoms with Crippen LogP contribution in [0.5, 0.6) is 11.6 Å². The van der Waals surface area contributed by atoms with Crippen molar-refractivity contribution in [1.29, 1.82) is 0 Å². The van der Waals surface area contributed by atoms with Gasteiger partial charge in [-0.05, 0) is 62.6 Å². The Morgan fingerprint density at radius 3 is 2.50 bits per heavy atom. The lowest BCUT2D eigenvalue weighted by Crippen LogP contribution is -2.27. The van der Waals surface area contributed by atoms with Gasteiger partial charge in [-0.2, -0.15) is 5.10 Å². The van der Waals surface area contributed by atoms with Crippen LogP contribution in [0.3, 0.4) is 0 Å². The van der Waals surface area contributed by atoms with Crippen molar-refractivity contribution in [1.82, 2.24) is 15.1 Å². The van der Waals surface area contributed by atoms with Crippen LogP contribution in [0.15, 0.2) is 48.5 Å². The summed E-state index contributed by atoms with van der Waals surface area (Å²) in [7, 11) is 1.62. The number of benzene rings is 2. The van der Waals surface area contributed by atoms with Crippen LogP contribution in [-0.2, 0) is 16.0 Å². The van der Waals surface area contributed by atoms with Gasteiger partial charge in [-0.15, -0.1) is 0 Å². The van der Waals surface area contributed by atoms with E-state index < -0.39 is 0 Å². The molecule has 0 aliphatic heterocycles. The molecule has 1 aromatic heterocycles. The number of nitrogens with zero attached hydrogens (tertiary/aromatic N) is 2. The zero-order chi connectivity index (χ0) is 21.5. The highest BCUT2D eigenvalue weighted by atomic mass is 16.5. The first-order valence-electron chi connectivity index (χ1n) is 10.1. The first kappa shape index (κ1) is 21.6. The minimum absolute atomic E-state index is 0.0174. The summed E-state index contributed by atoms with van der Waals surface area (Å²) in [5.41, 5.74) is 4.96. The van der Waals surface area contributed by atoms with Crippen LogP contribution in [0.4, 0.5) is 0 Å². The highest BCUT2D eigenvalue weighted by molar-refractivity contribution is 5.76. The number of hydrogen-bond acceptors (Lipinski definition) is 4. The number of aromatic nitrogens is 2. The second-order valence-corrected chi connectivity index (χ2v) is 7.38. The van der Waals surface area contributed by atoms with Crippen molar-refractivity contribution >= 4 is 5.91 Å². The molecule has 1 heterocycles. The van der Waals surface area contributed by atoms with Gasteiger partial charge in [0.2, 0.25) is 11.8 Å². The Morgan fingerprint density at radius 2 is 1.80 bits per heavy atom. The predicted molar refractivity (Wildman–Crippen MR) is 117 cm³/mol.